The lowest BCUT2D eigenvalue weighted by Crippen LogP contribution is -2.29. The van der Waals surface area contributed by atoms with Gasteiger partial charge in [0.15, 0.2) is 0 Å². The molecule has 204 valence electrons. The number of hydrogen-bond donors (Lipinski definition) is 1. The molecule has 0 aliphatic carbocycles. The number of nitrogens with zero attached hydrogens (tertiary/aromatic N) is 1. The maximum absolute atomic E-state index is 13.5. The molecule has 6 heteroatoms. The molecule has 1 amide bonds. The summed E-state index contributed by atoms with van der Waals surface area (Å²) in [6.07, 6.45) is 0.00655. The van der Waals surface area contributed by atoms with Gasteiger partial charge in [-0.15, -0.1) is 0 Å². The molecule has 6 nitrogen and oxygen atoms in total. The summed E-state index contributed by atoms with van der Waals surface area (Å²) in [5.74, 6) is -0.212. The topological polar surface area (TPSA) is 76.1 Å². The van der Waals surface area contributed by atoms with E-state index in [4.69, 9.17) is 9.47 Å². The normalized spacial score (nSPS) is 17.1. The number of aliphatic hydroxyl groups is 1. The molecule has 1 atom stereocenters. The first-order valence-electron chi connectivity index (χ1n) is 13.4. The lowest BCUT2D eigenvalue weighted by molar-refractivity contribution is -0.140. The molecule has 3 aromatic carbocycles. The van der Waals surface area contributed by atoms with E-state index in [-0.39, 0.29) is 29.4 Å². The van der Waals surface area contributed by atoms with Crippen molar-refractivity contribution in [1.82, 2.24) is 4.90 Å². The highest BCUT2D eigenvalue weighted by Crippen LogP contribution is 2.41. The smallest absolute Gasteiger partial charge is 0.295 e. The lowest BCUT2D eigenvalue weighted by Gasteiger charge is -2.27. The largest absolute Gasteiger partial charge is 0.507 e. The summed E-state index contributed by atoms with van der Waals surface area (Å²) in [5, 5.41) is 11.4. The Kier molecular flexibility index (Phi) is 8.14. The molecule has 0 bridgehead atoms. The number of carbonyl (C=O) groups is 2. The van der Waals surface area contributed by atoms with Crippen molar-refractivity contribution in [2.24, 2.45) is 0 Å². The second-order valence-corrected chi connectivity index (χ2v) is 11.1. The van der Waals surface area contributed by atoms with Crippen LogP contribution < -0.4 is 9.47 Å². The van der Waals surface area contributed by atoms with Gasteiger partial charge >= 0.3 is 0 Å². The minimum Gasteiger partial charge on any atom is -0.507 e. The van der Waals surface area contributed by atoms with Crippen molar-refractivity contribution in [1.29, 1.82) is 0 Å². The van der Waals surface area contributed by atoms with Crippen LogP contribution in [0.4, 0.5) is 0 Å². The molecular weight excluding hydrogens is 490 g/mol. The van der Waals surface area contributed by atoms with Crippen LogP contribution >= 0.6 is 0 Å². The van der Waals surface area contributed by atoms with Crippen molar-refractivity contribution in [3.05, 3.63) is 101 Å². The standard InChI is InChI=1S/C33H37NO5/c1-7-38-27-10-8-9-22(19-27)20-34-29(23-11-15-25(16-12-23)33(4,5)6)28(31(36)32(34)37)30(35)24-13-17-26(18-14-24)39-21(2)3/h8-19,21,29,35H,7,20H2,1-6H3/b30-28-. The number of rotatable bonds is 8. The van der Waals surface area contributed by atoms with Crippen LogP contribution in [0, 0.1) is 0 Å². The summed E-state index contributed by atoms with van der Waals surface area (Å²) in [4.78, 5) is 28.4. The van der Waals surface area contributed by atoms with Crippen LogP contribution in [-0.2, 0) is 21.5 Å². The number of likely N-dealkylation sites (tertiary alicyclic amines) is 1. The van der Waals surface area contributed by atoms with Gasteiger partial charge in [-0.3, -0.25) is 9.59 Å². The number of hydrogen-bond acceptors (Lipinski definition) is 5. The molecule has 4 rings (SSSR count). The second kappa shape index (κ2) is 11.4. The first-order chi connectivity index (χ1) is 18.5. The third-order valence-corrected chi connectivity index (χ3v) is 6.69. The van der Waals surface area contributed by atoms with Gasteiger partial charge in [0, 0.05) is 12.1 Å². The van der Waals surface area contributed by atoms with Crippen LogP contribution in [0.5, 0.6) is 11.5 Å². The van der Waals surface area contributed by atoms with Crippen LogP contribution in [0.1, 0.15) is 69.8 Å². The quantitative estimate of drug-likeness (QED) is 0.198. The van der Waals surface area contributed by atoms with E-state index >= 15 is 0 Å². The van der Waals surface area contributed by atoms with Crippen LogP contribution in [0.15, 0.2) is 78.4 Å². The number of carbonyl (C=O) groups excluding carboxylic acids is 2. The van der Waals surface area contributed by atoms with Crippen molar-refractivity contribution < 1.29 is 24.2 Å². The molecule has 1 unspecified atom stereocenters. The van der Waals surface area contributed by atoms with Crippen molar-refractivity contribution in [2.45, 2.75) is 65.6 Å². The van der Waals surface area contributed by atoms with Crippen molar-refractivity contribution in [3.63, 3.8) is 0 Å². The Morgan fingerprint density at radius 3 is 2.21 bits per heavy atom. The van der Waals surface area contributed by atoms with Crippen LogP contribution in [0.2, 0.25) is 0 Å². The van der Waals surface area contributed by atoms with Gasteiger partial charge in [-0.2, -0.15) is 0 Å². The Balaban J connectivity index is 1.80. The Morgan fingerprint density at radius 2 is 1.62 bits per heavy atom. The van der Waals surface area contributed by atoms with E-state index in [1.165, 1.54) is 4.90 Å². The maximum Gasteiger partial charge on any atom is 0.295 e. The molecule has 1 saturated heterocycles. The number of benzene rings is 3. The molecule has 0 saturated carbocycles. The van der Waals surface area contributed by atoms with Gasteiger partial charge in [-0.05, 0) is 79.3 Å². The molecule has 0 spiro atoms. The Labute approximate surface area is 230 Å². The third kappa shape index (κ3) is 6.17. The summed E-state index contributed by atoms with van der Waals surface area (Å²) in [5.41, 5.74) is 3.17. The van der Waals surface area contributed by atoms with Gasteiger partial charge in [0.2, 0.25) is 0 Å². The summed E-state index contributed by atoms with van der Waals surface area (Å²) in [7, 11) is 0. The molecule has 1 heterocycles. The summed E-state index contributed by atoms with van der Waals surface area (Å²) >= 11 is 0. The number of Topliss-reactive ketones (excluding diaryl/α,β-unsaturated/α-hetero) is 1. The summed E-state index contributed by atoms with van der Waals surface area (Å²) < 4.78 is 11.4. The number of amides is 1. The highest BCUT2D eigenvalue weighted by Gasteiger charge is 2.46. The molecule has 1 N–H and O–H groups in total. The van der Waals surface area contributed by atoms with E-state index in [0.717, 1.165) is 16.7 Å². The van der Waals surface area contributed by atoms with Crippen LogP contribution in [0.25, 0.3) is 5.76 Å². The van der Waals surface area contributed by atoms with Gasteiger partial charge in [-0.1, -0.05) is 57.2 Å². The van der Waals surface area contributed by atoms with Crippen molar-refractivity contribution in [3.8, 4) is 11.5 Å². The van der Waals surface area contributed by atoms with E-state index in [0.29, 0.717) is 23.7 Å². The molecule has 1 aliphatic heterocycles. The van der Waals surface area contributed by atoms with E-state index in [1.54, 1.807) is 24.3 Å². The highest BCUT2D eigenvalue weighted by molar-refractivity contribution is 6.46. The Morgan fingerprint density at radius 1 is 0.949 bits per heavy atom. The van der Waals surface area contributed by atoms with E-state index in [9.17, 15) is 14.7 Å². The monoisotopic (exact) mass is 527 g/mol. The number of ether oxygens (including phenoxy) is 2. The lowest BCUT2D eigenvalue weighted by atomic mass is 9.85. The van der Waals surface area contributed by atoms with Crippen molar-refractivity contribution >= 4 is 17.4 Å². The first kappa shape index (κ1) is 28.0. The van der Waals surface area contributed by atoms with Crippen LogP contribution in [0.3, 0.4) is 0 Å². The van der Waals surface area contributed by atoms with Gasteiger partial charge in [0.1, 0.15) is 17.3 Å². The molecule has 1 fully saturated rings. The Bertz CT molecular complexity index is 1360. The minimum absolute atomic E-state index is 0.00655. The first-order valence-corrected chi connectivity index (χ1v) is 13.4. The molecular formula is C33H37NO5. The fourth-order valence-electron chi connectivity index (χ4n) is 4.77. The Hall–Kier alpha value is -4.06. The SMILES string of the molecule is CCOc1cccc(CN2C(=O)C(=O)/C(=C(\O)c3ccc(OC(C)C)cc3)C2c2ccc(C(C)(C)C)cc2)c1. The predicted octanol–water partition coefficient (Wildman–Crippen LogP) is 6.79. The maximum atomic E-state index is 13.5. The van der Waals surface area contributed by atoms with Gasteiger partial charge in [0.25, 0.3) is 11.7 Å². The molecule has 39 heavy (non-hydrogen) atoms. The molecule has 0 aromatic heterocycles. The fraction of sp³-hybridized carbons (Fsp3) is 0.333. The van der Waals surface area contributed by atoms with Crippen LogP contribution in [-0.4, -0.2) is 34.4 Å². The predicted molar refractivity (Wildman–Crippen MR) is 153 cm³/mol. The third-order valence-electron chi connectivity index (χ3n) is 6.69. The average Bonchev–Trinajstić information content (AvgIpc) is 3.13. The van der Waals surface area contributed by atoms with Gasteiger partial charge in [0.05, 0.1) is 24.3 Å². The zero-order valence-electron chi connectivity index (χ0n) is 23.5. The van der Waals surface area contributed by atoms with E-state index < -0.39 is 17.7 Å². The number of ketones is 1. The number of aliphatic hydroxyl groups excluding tert-OH is 1. The van der Waals surface area contributed by atoms with Gasteiger partial charge in [-0.25, -0.2) is 0 Å². The van der Waals surface area contributed by atoms with Crippen molar-refractivity contribution in [2.75, 3.05) is 6.61 Å². The second-order valence-electron chi connectivity index (χ2n) is 11.1. The van der Waals surface area contributed by atoms with Gasteiger partial charge < -0.3 is 19.5 Å². The zero-order chi connectivity index (χ0) is 28.3. The average molecular weight is 528 g/mol. The highest BCUT2D eigenvalue weighted by atomic mass is 16.5. The van der Waals surface area contributed by atoms with E-state index in [1.807, 2.05) is 69.3 Å². The summed E-state index contributed by atoms with van der Waals surface area (Å²) in [6, 6.07) is 21.5. The fourth-order valence-corrected chi connectivity index (χ4v) is 4.77. The molecule has 1 aliphatic rings. The minimum atomic E-state index is -0.749. The molecule has 0 radical (unpaired) electrons. The molecule has 3 aromatic rings. The summed E-state index contributed by atoms with van der Waals surface area (Å²) in [6.45, 7) is 12.9. The zero-order valence-corrected chi connectivity index (χ0v) is 23.5. The van der Waals surface area contributed by atoms with E-state index in [2.05, 4.69) is 20.8 Å².